The van der Waals surface area contributed by atoms with Crippen LogP contribution in [0.4, 0.5) is 4.79 Å². The van der Waals surface area contributed by atoms with E-state index < -0.39 is 0 Å². The van der Waals surface area contributed by atoms with E-state index in [-0.39, 0.29) is 24.1 Å². The van der Waals surface area contributed by atoms with Crippen molar-refractivity contribution in [2.24, 2.45) is 13.0 Å². The number of urea groups is 1. The van der Waals surface area contributed by atoms with E-state index in [0.717, 1.165) is 31.8 Å². The molecule has 0 saturated carbocycles. The summed E-state index contributed by atoms with van der Waals surface area (Å²) < 4.78 is 7.99. The molecule has 0 aliphatic carbocycles. The largest absolute Gasteiger partial charge is 0.373 e. The van der Waals surface area contributed by atoms with E-state index in [0.29, 0.717) is 6.61 Å². The summed E-state index contributed by atoms with van der Waals surface area (Å²) in [5.41, 5.74) is 1.19. The fourth-order valence-electron chi connectivity index (χ4n) is 3.44. The number of imidazole rings is 1. The summed E-state index contributed by atoms with van der Waals surface area (Å²) in [6.45, 7) is 6.27. The molecule has 2 amide bonds. The van der Waals surface area contributed by atoms with Gasteiger partial charge >= 0.3 is 6.03 Å². The number of nitrogens with zero attached hydrogens (tertiary/aromatic N) is 3. The minimum Gasteiger partial charge on any atom is -0.373 e. The molecule has 2 aromatic rings. The zero-order valence-corrected chi connectivity index (χ0v) is 16.5. The van der Waals surface area contributed by atoms with Gasteiger partial charge in [-0.3, -0.25) is 0 Å². The minimum absolute atomic E-state index is 0.0155. The van der Waals surface area contributed by atoms with Crippen LogP contribution in [0.1, 0.15) is 44.1 Å². The first-order valence-electron chi connectivity index (χ1n) is 9.72. The molecule has 2 heterocycles. The molecule has 0 spiro atoms. The molecule has 1 aliphatic rings. The fourth-order valence-corrected chi connectivity index (χ4v) is 3.44. The van der Waals surface area contributed by atoms with Gasteiger partial charge in [0.05, 0.1) is 18.8 Å². The van der Waals surface area contributed by atoms with E-state index in [1.54, 1.807) is 6.20 Å². The Balaban J connectivity index is 1.48. The van der Waals surface area contributed by atoms with Gasteiger partial charge in [-0.05, 0) is 24.3 Å². The number of carbonyl (C=O) groups is 1. The summed E-state index contributed by atoms with van der Waals surface area (Å²) in [6.07, 6.45) is 5.63. The van der Waals surface area contributed by atoms with Crippen LogP contribution in [0, 0.1) is 5.92 Å². The molecule has 6 nitrogen and oxygen atoms in total. The maximum atomic E-state index is 12.7. The number of aromatic nitrogens is 2. The maximum absolute atomic E-state index is 12.7. The minimum atomic E-state index is -0.0930. The summed E-state index contributed by atoms with van der Waals surface area (Å²) in [5.74, 6) is 1.15. The Morgan fingerprint density at radius 2 is 1.96 bits per heavy atom. The normalized spacial score (nSPS) is 16.5. The lowest BCUT2D eigenvalue weighted by atomic mass is 10.0. The lowest BCUT2D eigenvalue weighted by Crippen LogP contribution is -2.48. The van der Waals surface area contributed by atoms with E-state index in [1.165, 1.54) is 5.56 Å². The number of amides is 2. The third kappa shape index (κ3) is 5.10. The lowest BCUT2D eigenvalue weighted by Gasteiger charge is -2.33. The van der Waals surface area contributed by atoms with Crippen LogP contribution in [0.25, 0.3) is 0 Å². The predicted molar refractivity (Wildman–Crippen MR) is 105 cm³/mol. The molecule has 146 valence electrons. The van der Waals surface area contributed by atoms with Crippen LogP contribution in [-0.2, 0) is 18.4 Å². The molecular weight excluding hydrogens is 340 g/mol. The monoisotopic (exact) mass is 370 g/mol. The summed E-state index contributed by atoms with van der Waals surface area (Å²) in [6, 6.07) is 10.1. The Bertz CT molecular complexity index is 721. The number of nitrogens with one attached hydrogen (secondary N) is 1. The van der Waals surface area contributed by atoms with Crippen molar-refractivity contribution in [3.05, 3.63) is 54.1 Å². The van der Waals surface area contributed by atoms with Crippen LogP contribution >= 0.6 is 0 Å². The van der Waals surface area contributed by atoms with Crippen molar-refractivity contribution in [2.45, 2.75) is 45.4 Å². The van der Waals surface area contributed by atoms with Crippen LogP contribution in [0.2, 0.25) is 0 Å². The standard InChI is InChI=1S/C21H30N4O2/c1-16(2)19(20-22-11-14-24(20)3)23-21(26)25-12-9-18(10-13-25)27-15-17-7-5-4-6-8-17/h4-8,11,14,16,18-19H,9-10,12-13,15H2,1-3H3,(H,23,26)/t19-/m1/s1. The van der Waals surface area contributed by atoms with Crippen molar-refractivity contribution in [2.75, 3.05) is 13.1 Å². The molecule has 27 heavy (non-hydrogen) atoms. The van der Waals surface area contributed by atoms with Crippen LogP contribution in [0.15, 0.2) is 42.7 Å². The molecule has 0 bridgehead atoms. The average molecular weight is 370 g/mol. The highest BCUT2D eigenvalue weighted by atomic mass is 16.5. The van der Waals surface area contributed by atoms with Crippen molar-refractivity contribution in [1.82, 2.24) is 19.8 Å². The van der Waals surface area contributed by atoms with Gasteiger partial charge < -0.3 is 19.5 Å². The van der Waals surface area contributed by atoms with Crippen molar-refractivity contribution in [3.63, 3.8) is 0 Å². The number of carbonyl (C=O) groups excluding carboxylic acids is 1. The molecule has 1 aromatic heterocycles. The zero-order valence-electron chi connectivity index (χ0n) is 16.5. The van der Waals surface area contributed by atoms with Crippen molar-refractivity contribution < 1.29 is 9.53 Å². The first-order chi connectivity index (χ1) is 13.0. The Kier molecular flexibility index (Phi) is 6.50. The van der Waals surface area contributed by atoms with Crippen molar-refractivity contribution in [1.29, 1.82) is 0 Å². The molecule has 0 unspecified atom stereocenters. The van der Waals surface area contributed by atoms with Gasteiger partial charge in [-0.25, -0.2) is 9.78 Å². The first-order valence-corrected chi connectivity index (χ1v) is 9.72. The van der Waals surface area contributed by atoms with Gasteiger partial charge in [0, 0.05) is 32.5 Å². The third-order valence-electron chi connectivity index (χ3n) is 5.14. The van der Waals surface area contributed by atoms with E-state index >= 15 is 0 Å². The van der Waals surface area contributed by atoms with E-state index in [9.17, 15) is 4.79 Å². The van der Waals surface area contributed by atoms with Crippen molar-refractivity contribution in [3.8, 4) is 0 Å². The number of likely N-dealkylation sites (tertiary alicyclic amines) is 1. The number of hydrogen-bond acceptors (Lipinski definition) is 3. The van der Waals surface area contributed by atoms with Crippen LogP contribution in [0.3, 0.4) is 0 Å². The van der Waals surface area contributed by atoms with Gasteiger partial charge in [0.2, 0.25) is 0 Å². The second-order valence-corrected chi connectivity index (χ2v) is 7.55. The second-order valence-electron chi connectivity index (χ2n) is 7.55. The Morgan fingerprint density at radius 1 is 1.26 bits per heavy atom. The maximum Gasteiger partial charge on any atom is 0.317 e. The van der Waals surface area contributed by atoms with Gasteiger partial charge in [-0.15, -0.1) is 0 Å². The molecule has 0 radical (unpaired) electrons. The molecule has 1 saturated heterocycles. The van der Waals surface area contributed by atoms with E-state index in [2.05, 4.69) is 36.3 Å². The van der Waals surface area contributed by atoms with Crippen molar-refractivity contribution >= 4 is 6.03 Å². The SMILES string of the molecule is CC(C)[C@@H](NC(=O)N1CCC(OCc2ccccc2)CC1)c1nccn1C. The Morgan fingerprint density at radius 3 is 2.56 bits per heavy atom. The summed E-state index contributed by atoms with van der Waals surface area (Å²) in [5, 5.41) is 3.16. The number of piperidine rings is 1. The molecule has 1 N–H and O–H groups in total. The van der Waals surface area contributed by atoms with Gasteiger partial charge in [0.15, 0.2) is 0 Å². The van der Waals surface area contributed by atoms with Crippen LogP contribution in [0.5, 0.6) is 0 Å². The van der Waals surface area contributed by atoms with E-state index in [1.807, 2.05) is 40.9 Å². The average Bonchev–Trinajstić information content (AvgIpc) is 3.11. The Hall–Kier alpha value is -2.34. The fraction of sp³-hybridized carbons (Fsp3) is 0.524. The highest BCUT2D eigenvalue weighted by molar-refractivity contribution is 5.74. The number of hydrogen-bond donors (Lipinski definition) is 1. The molecular formula is C21H30N4O2. The molecule has 1 aromatic carbocycles. The number of rotatable bonds is 6. The van der Waals surface area contributed by atoms with Crippen LogP contribution in [-0.4, -0.2) is 39.7 Å². The predicted octanol–water partition coefficient (Wildman–Crippen LogP) is 3.51. The van der Waals surface area contributed by atoms with Gasteiger partial charge in [0.1, 0.15) is 5.82 Å². The number of benzene rings is 1. The molecule has 6 heteroatoms. The highest BCUT2D eigenvalue weighted by Gasteiger charge is 2.27. The Labute approximate surface area is 161 Å². The summed E-state index contributed by atoms with van der Waals surface area (Å²) >= 11 is 0. The lowest BCUT2D eigenvalue weighted by molar-refractivity contribution is 0.00414. The second kappa shape index (κ2) is 9.04. The summed E-state index contributed by atoms with van der Waals surface area (Å²) in [7, 11) is 1.96. The summed E-state index contributed by atoms with van der Waals surface area (Å²) in [4.78, 5) is 19.0. The van der Waals surface area contributed by atoms with E-state index in [4.69, 9.17) is 4.74 Å². The van der Waals surface area contributed by atoms with Gasteiger partial charge in [-0.2, -0.15) is 0 Å². The number of aryl methyl sites for hydroxylation is 1. The van der Waals surface area contributed by atoms with Gasteiger partial charge in [0.25, 0.3) is 0 Å². The molecule has 1 fully saturated rings. The van der Waals surface area contributed by atoms with Crippen LogP contribution < -0.4 is 5.32 Å². The zero-order chi connectivity index (χ0) is 19.2. The number of ether oxygens (including phenoxy) is 1. The quantitative estimate of drug-likeness (QED) is 0.846. The topological polar surface area (TPSA) is 59.4 Å². The smallest absolute Gasteiger partial charge is 0.317 e. The van der Waals surface area contributed by atoms with Gasteiger partial charge in [-0.1, -0.05) is 44.2 Å². The third-order valence-corrected chi connectivity index (χ3v) is 5.14. The molecule has 1 atom stereocenters. The molecule has 3 rings (SSSR count). The molecule has 1 aliphatic heterocycles. The first kappa shape index (κ1) is 19.4. The highest BCUT2D eigenvalue weighted by Crippen LogP contribution is 2.21.